The van der Waals surface area contributed by atoms with Gasteiger partial charge in [-0.1, -0.05) is 31.9 Å². The van der Waals surface area contributed by atoms with Gasteiger partial charge in [-0.3, -0.25) is 0 Å². The molecule has 0 amide bonds. The van der Waals surface area contributed by atoms with Gasteiger partial charge in [-0.05, 0) is 43.0 Å². The van der Waals surface area contributed by atoms with E-state index in [1.54, 1.807) is 0 Å². The molecule has 0 saturated heterocycles. The summed E-state index contributed by atoms with van der Waals surface area (Å²) in [5.41, 5.74) is 7.11. The van der Waals surface area contributed by atoms with Crippen molar-refractivity contribution in [1.82, 2.24) is 5.32 Å². The Morgan fingerprint density at radius 1 is 1.42 bits per heavy atom. The van der Waals surface area contributed by atoms with Gasteiger partial charge in [0.25, 0.3) is 0 Å². The molecule has 0 radical (unpaired) electrons. The maximum absolute atomic E-state index is 5.88. The number of rotatable bonds is 9. The summed E-state index contributed by atoms with van der Waals surface area (Å²) in [6.07, 6.45) is 5.14. The molecule has 1 unspecified atom stereocenters. The Kier molecular flexibility index (Phi) is 5.67. The number of hydrogen-bond donors (Lipinski definition) is 2. The second-order valence-electron chi connectivity index (χ2n) is 5.40. The Bertz CT molecular complexity index is 377. The summed E-state index contributed by atoms with van der Waals surface area (Å²) in [4.78, 5) is 0. The molecule has 0 aromatic heterocycles. The van der Waals surface area contributed by atoms with Gasteiger partial charge in [0, 0.05) is 12.6 Å². The molecule has 3 heteroatoms. The van der Waals surface area contributed by atoms with Crippen LogP contribution in [0.1, 0.15) is 44.2 Å². The zero-order chi connectivity index (χ0) is 13.5. The van der Waals surface area contributed by atoms with Crippen LogP contribution in [0, 0.1) is 5.92 Å². The van der Waals surface area contributed by atoms with Crippen LogP contribution in [0.5, 0.6) is 5.75 Å². The highest BCUT2D eigenvalue weighted by atomic mass is 16.5. The number of nitrogens with one attached hydrogen (secondary N) is 1. The molecule has 0 heterocycles. The van der Waals surface area contributed by atoms with Crippen LogP contribution in [0.15, 0.2) is 24.3 Å². The molecule has 0 bridgehead atoms. The van der Waals surface area contributed by atoms with Crippen molar-refractivity contribution in [3.8, 4) is 5.75 Å². The standard InChI is InChI=1S/C16H26N2O/c1-2-10-19-15-5-3-4-14(11-15)16(12-17)18-9-8-13-6-7-13/h3-5,11,13,16,18H,2,6-10,12,17H2,1H3. The average Bonchev–Trinajstić information content (AvgIpc) is 3.26. The SMILES string of the molecule is CCCOc1cccc(C(CN)NCCC2CC2)c1. The highest BCUT2D eigenvalue weighted by Crippen LogP contribution is 2.32. The highest BCUT2D eigenvalue weighted by molar-refractivity contribution is 5.30. The zero-order valence-corrected chi connectivity index (χ0v) is 11.9. The molecule has 1 aliphatic rings. The summed E-state index contributed by atoms with van der Waals surface area (Å²) in [6.45, 7) is 4.58. The predicted octanol–water partition coefficient (Wildman–Crippen LogP) is 2.86. The van der Waals surface area contributed by atoms with Crippen molar-refractivity contribution in [1.29, 1.82) is 0 Å². The van der Waals surface area contributed by atoms with E-state index in [1.165, 1.54) is 24.8 Å². The topological polar surface area (TPSA) is 47.3 Å². The maximum Gasteiger partial charge on any atom is 0.119 e. The van der Waals surface area contributed by atoms with Gasteiger partial charge in [-0.25, -0.2) is 0 Å². The molecule has 3 N–H and O–H groups in total. The van der Waals surface area contributed by atoms with E-state index in [-0.39, 0.29) is 6.04 Å². The molecule has 19 heavy (non-hydrogen) atoms. The van der Waals surface area contributed by atoms with Crippen LogP contribution >= 0.6 is 0 Å². The van der Waals surface area contributed by atoms with Crippen LogP contribution in [0.4, 0.5) is 0 Å². The van der Waals surface area contributed by atoms with Gasteiger partial charge in [-0.15, -0.1) is 0 Å². The molecule has 1 fully saturated rings. The van der Waals surface area contributed by atoms with E-state index in [0.29, 0.717) is 6.54 Å². The van der Waals surface area contributed by atoms with Gasteiger partial charge >= 0.3 is 0 Å². The summed E-state index contributed by atoms with van der Waals surface area (Å²) in [7, 11) is 0. The Hall–Kier alpha value is -1.06. The second-order valence-corrected chi connectivity index (χ2v) is 5.40. The summed E-state index contributed by atoms with van der Waals surface area (Å²) in [5.74, 6) is 1.91. The third-order valence-electron chi connectivity index (χ3n) is 3.61. The van der Waals surface area contributed by atoms with E-state index in [2.05, 4.69) is 24.4 Å². The Labute approximate surface area is 116 Å². The molecule has 1 aromatic carbocycles. The number of nitrogens with two attached hydrogens (primary N) is 1. The molecule has 1 atom stereocenters. The van der Waals surface area contributed by atoms with Crippen molar-refractivity contribution in [2.24, 2.45) is 11.7 Å². The van der Waals surface area contributed by atoms with Crippen molar-refractivity contribution in [2.75, 3.05) is 19.7 Å². The van der Waals surface area contributed by atoms with E-state index in [9.17, 15) is 0 Å². The van der Waals surface area contributed by atoms with Gasteiger partial charge in [0.05, 0.1) is 6.61 Å². The number of benzene rings is 1. The summed E-state index contributed by atoms with van der Waals surface area (Å²) < 4.78 is 5.67. The van der Waals surface area contributed by atoms with Crippen LogP contribution in [0.3, 0.4) is 0 Å². The van der Waals surface area contributed by atoms with Crippen LogP contribution in [0.25, 0.3) is 0 Å². The van der Waals surface area contributed by atoms with Crippen LogP contribution in [-0.2, 0) is 0 Å². The van der Waals surface area contributed by atoms with Gasteiger partial charge in [0.2, 0.25) is 0 Å². The third kappa shape index (κ3) is 4.84. The number of hydrogen-bond acceptors (Lipinski definition) is 3. The lowest BCUT2D eigenvalue weighted by Crippen LogP contribution is -2.29. The fourth-order valence-electron chi connectivity index (χ4n) is 2.25. The molecule has 106 valence electrons. The van der Waals surface area contributed by atoms with Crippen molar-refractivity contribution in [3.05, 3.63) is 29.8 Å². The Morgan fingerprint density at radius 3 is 2.95 bits per heavy atom. The van der Waals surface area contributed by atoms with Crippen LogP contribution < -0.4 is 15.8 Å². The first-order valence-corrected chi connectivity index (χ1v) is 7.49. The van der Waals surface area contributed by atoms with Gasteiger partial charge < -0.3 is 15.8 Å². The second kappa shape index (κ2) is 7.51. The van der Waals surface area contributed by atoms with Crippen molar-refractivity contribution >= 4 is 0 Å². The zero-order valence-electron chi connectivity index (χ0n) is 11.9. The van der Waals surface area contributed by atoms with E-state index in [4.69, 9.17) is 10.5 Å². The van der Waals surface area contributed by atoms with Crippen molar-refractivity contribution < 1.29 is 4.74 Å². The largest absolute Gasteiger partial charge is 0.494 e. The van der Waals surface area contributed by atoms with Gasteiger partial charge in [-0.2, -0.15) is 0 Å². The molecule has 1 aliphatic carbocycles. The first kappa shape index (κ1) is 14.4. The average molecular weight is 262 g/mol. The smallest absolute Gasteiger partial charge is 0.119 e. The highest BCUT2D eigenvalue weighted by Gasteiger charge is 2.21. The molecule has 3 nitrogen and oxygen atoms in total. The summed E-state index contributed by atoms with van der Waals surface area (Å²) in [5, 5.41) is 3.56. The fraction of sp³-hybridized carbons (Fsp3) is 0.625. The molecule has 1 aromatic rings. The van der Waals surface area contributed by atoms with E-state index in [0.717, 1.165) is 31.2 Å². The predicted molar refractivity (Wildman–Crippen MR) is 79.4 cm³/mol. The molecular weight excluding hydrogens is 236 g/mol. The first-order chi connectivity index (χ1) is 9.33. The Morgan fingerprint density at radius 2 is 2.26 bits per heavy atom. The summed E-state index contributed by atoms with van der Waals surface area (Å²) in [6, 6.07) is 8.53. The van der Waals surface area contributed by atoms with Crippen molar-refractivity contribution in [2.45, 2.75) is 38.6 Å². The van der Waals surface area contributed by atoms with Crippen LogP contribution in [0.2, 0.25) is 0 Å². The third-order valence-corrected chi connectivity index (χ3v) is 3.61. The van der Waals surface area contributed by atoms with Gasteiger partial charge in [0.1, 0.15) is 5.75 Å². The van der Waals surface area contributed by atoms with E-state index >= 15 is 0 Å². The lowest BCUT2D eigenvalue weighted by molar-refractivity contribution is 0.316. The minimum absolute atomic E-state index is 0.240. The fourth-order valence-corrected chi connectivity index (χ4v) is 2.25. The van der Waals surface area contributed by atoms with Crippen LogP contribution in [-0.4, -0.2) is 19.7 Å². The van der Waals surface area contributed by atoms with Crippen molar-refractivity contribution in [3.63, 3.8) is 0 Å². The molecule has 0 spiro atoms. The lowest BCUT2D eigenvalue weighted by atomic mass is 10.1. The van der Waals surface area contributed by atoms with Gasteiger partial charge in [0.15, 0.2) is 0 Å². The minimum Gasteiger partial charge on any atom is -0.494 e. The molecule has 0 aliphatic heterocycles. The van der Waals surface area contributed by atoms with E-state index < -0.39 is 0 Å². The normalized spacial score (nSPS) is 16.3. The molecule has 1 saturated carbocycles. The monoisotopic (exact) mass is 262 g/mol. The number of ether oxygens (including phenoxy) is 1. The van der Waals surface area contributed by atoms with E-state index in [1.807, 2.05) is 12.1 Å². The first-order valence-electron chi connectivity index (χ1n) is 7.49. The molecular formula is C16H26N2O. The molecule has 2 rings (SSSR count). The summed E-state index contributed by atoms with van der Waals surface area (Å²) >= 11 is 0. The Balaban J connectivity index is 1.87. The lowest BCUT2D eigenvalue weighted by Gasteiger charge is -2.18. The minimum atomic E-state index is 0.240. The maximum atomic E-state index is 5.88. The quantitative estimate of drug-likeness (QED) is 0.719.